The summed E-state index contributed by atoms with van der Waals surface area (Å²) < 4.78 is 0. The number of carboxylic acids is 1. The molecule has 2 unspecified atom stereocenters. The number of halogens is 1. The predicted molar refractivity (Wildman–Crippen MR) is 79.4 cm³/mol. The summed E-state index contributed by atoms with van der Waals surface area (Å²) in [5.41, 5.74) is -0.237. The zero-order chi connectivity index (χ0) is 15.6. The van der Waals surface area contributed by atoms with Crippen LogP contribution < -0.4 is 5.32 Å². The number of carbonyl (C=O) groups excluding carboxylic acids is 1. The fraction of sp³-hybridized carbons (Fsp3) is 0.533. The van der Waals surface area contributed by atoms with Crippen LogP contribution in [0.3, 0.4) is 0 Å². The summed E-state index contributed by atoms with van der Waals surface area (Å²) >= 11 is 5.86. The maximum absolute atomic E-state index is 12.4. The first kappa shape index (κ1) is 15.8. The van der Waals surface area contributed by atoms with E-state index in [-0.39, 0.29) is 11.1 Å². The van der Waals surface area contributed by atoms with Crippen molar-refractivity contribution in [2.45, 2.75) is 45.1 Å². The molecule has 1 aliphatic carbocycles. The topological polar surface area (TPSA) is 79.3 Å². The highest BCUT2D eigenvalue weighted by molar-refractivity contribution is 6.29. The minimum absolute atomic E-state index is 0.105. The summed E-state index contributed by atoms with van der Waals surface area (Å²) in [6.07, 6.45) is 3.04. The number of nitrogens with one attached hydrogen (secondary N) is 1. The average Bonchev–Trinajstić information content (AvgIpc) is 2.40. The van der Waals surface area contributed by atoms with E-state index in [0.717, 1.165) is 19.3 Å². The zero-order valence-corrected chi connectivity index (χ0v) is 12.9. The standard InChI is InChI=1S/C15H19ClN2O3/c1-9-5-3-4-6-15(9,14(20)21)18-13(19)11-7-10(2)17-12(16)8-11/h7-9H,3-6H2,1-2H3,(H,18,19)(H,20,21). The molecule has 0 aromatic carbocycles. The lowest BCUT2D eigenvalue weighted by Gasteiger charge is -2.39. The number of amides is 1. The second kappa shape index (κ2) is 6.02. The SMILES string of the molecule is Cc1cc(C(=O)NC2(C(=O)O)CCCCC2C)cc(Cl)n1. The van der Waals surface area contributed by atoms with Gasteiger partial charge in [0.25, 0.3) is 5.91 Å². The minimum atomic E-state index is -1.20. The predicted octanol–water partition coefficient (Wildman–Crippen LogP) is 2.81. The molecule has 0 spiro atoms. The molecule has 1 aromatic rings. The fourth-order valence-corrected chi connectivity index (χ4v) is 3.19. The number of aryl methyl sites for hydroxylation is 1. The van der Waals surface area contributed by atoms with Gasteiger partial charge in [-0.3, -0.25) is 4.79 Å². The van der Waals surface area contributed by atoms with Crippen molar-refractivity contribution in [2.75, 3.05) is 0 Å². The Morgan fingerprint density at radius 3 is 2.71 bits per heavy atom. The van der Waals surface area contributed by atoms with E-state index in [2.05, 4.69) is 10.3 Å². The molecule has 6 heteroatoms. The molecule has 2 N–H and O–H groups in total. The molecule has 5 nitrogen and oxygen atoms in total. The Labute approximate surface area is 128 Å². The van der Waals surface area contributed by atoms with E-state index in [1.165, 1.54) is 6.07 Å². The van der Waals surface area contributed by atoms with Gasteiger partial charge in [-0.1, -0.05) is 31.4 Å². The highest BCUT2D eigenvalue weighted by Crippen LogP contribution is 2.34. The van der Waals surface area contributed by atoms with Crippen molar-refractivity contribution in [3.8, 4) is 0 Å². The summed E-state index contributed by atoms with van der Waals surface area (Å²) in [5, 5.41) is 12.6. The number of carbonyl (C=O) groups is 2. The molecule has 114 valence electrons. The Balaban J connectivity index is 2.28. The van der Waals surface area contributed by atoms with E-state index in [4.69, 9.17) is 11.6 Å². The van der Waals surface area contributed by atoms with Crippen molar-refractivity contribution >= 4 is 23.5 Å². The van der Waals surface area contributed by atoms with Gasteiger partial charge in [-0.05, 0) is 37.8 Å². The molecular formula is C15H19ClN2O3. The van der Waals surface area contributed by atoms with Crippen LogP contribution in [-0.2, 0) is 4.79 Å². The molecule has 1 saturated carbocycles. The van der Waals surface area contributed by atoms with Crippen LogP contribution >= 0.6 is 11.6 Å². The summed E-state index contributed by atoms with van der Waals surface area (Å²) in [7, 11) is 0. The molecule has 1 aromatic heterocycles. The molecule has 1 amide bonds. The summed E-state index contributed by atoms with van der Waals surface area (Å²) in [6, 6.07) is 3.05. The second-order valence-electron chi connectivity index (χ2n) is 5.70. The van der Waals surface area contributed by atoms with Crippen molar-refractivity contribution in [1.82, 2.24) is 10.3 Å². The normalized spacial score (nSPS) is 25.4. The van der Waals surface area contributed by atoms with E-state index < -0.39 is 17.4 Å². The average molecular weight is 311 g/mol. The third-order valence-electron chi connectivity index (χ3n) is 4.20. The van der Waals surface area contributed by atoms with Gasteiger partial charge in [-0.25, -0.2) is 9.78 Å². The van der Waals surface area contributed by atoms with Gasteiger partial charge in [0, 0.05) is 11.3 Å². The van der Waals surface area contributed by atoms with Gasteiger partial charge in [0.05, 0.1) is 0 Å². The van der Waals surface area contributed by atoms with Gasteiger partial charge in [-0.15, -0.1) is 0 Å². The minimum Gasteiger partial charge on any atom is -0.479 e. The second-order valence-corrected chi connectivity index (χ2v) is 6.08. The first-order valence-electron chi connectivity index (χ1n) is 7.05. The van der Waals surface area contributed by atoms with Crippen LogP contribution in [0.4, 0.5) is 0 Å². The van der Waals surface area contributed by atoms with Gasteiger partial charge >= 0.3 is 5.97 Å². The van der Waals surface area contributed by atoms with Crippen LogP contribution in [0.1, 0.15) is 48.7 Å². The van der Waals surface area contributed by atoms with Crippen LogP contribution in [0.25, 0.3) is 0 Å². The molecule has 0 radical (unpaired) electrons. The summed E-state index contributed by atoms with van der Waals surface area (Å²) in [5.74, 6) is -1.50. The Kier molecular flexibility index (Phi) is 4.52. The summed E-state index contributed by atoms with van der Waals surface area (Å²) in [6.45, 7) is 3.61. The number of carboxylic acid groups (broad SMARTS) is 1. The first-order chi connectivity index (χ1) is 9.85. The van der Waals surface area contributed by atoms with E-state index in [0.29, 0.717) is 17.7 Å². The van der Waals surface area contributed by atoms with Crippen molar-refractivity contribution in [2.24, 2.45) is 5.92 Å². The van der Waals surface area contributed by atoms with Crippen molar-refractivity contribution in [3.05, 3.63) is 28.5 Å². The van der Waals surface area contributed by atoms with Crippen LogP contribution in [0, 0.1) is 12.8 Å². The molecule has 0 aliphatic heterocycles. The van der Waals surface area contributed by atoms with Crippen LogP contribution in [0.5, 0.6) is 0 Å². The van der Waals surface area contributed by atoms with E-state index in [9.17, 15) is 14.7 Å². The Morgan fingerprint density at radius 2 is 2.14 bits per heavy atom. The third kappa shape index (κ3) is 3.18. The van der Waals surface area contributed by atoms with Crippen molar-refractivity contribution in [3.63, 3.8) is 0 Å². The third-order valence-corrected chi connectivity index (χ3v) is 4.40. The number of pyridine rings is 1. The quantitative estimate of drug-likeness (QED) is 0.841. The lowest BCUT2D eigenvalue weighted by molar-refractivity contribution is -0.148. The Hall–Kier alpha value is -1.62. The van der Waals surface area contributed by atoms with Gasteiger partial charge < -0.3 is 10.4 Å². The number of rotatable bonds is 3. The molecule has 2 rings (SSSR count). The number of hydrogen-bond acceptors (Lipinski definition) is 3. The van der Waals surface area contributed by atoms with E-state index in [1.807, 2.05) is 6.92 Å². The summed E-state index contributed by atoms with van der Waals surface area (Å²) in [4.78, 5) is 28.1. The van der Waals surface area contributed by atoms with E-state index in [1.54, 1.807) is 13.0 Å². The van der Waals surface area contributed by atoms with E-state index >= 15 is 0 Å². The molecule has 1 heterocycles. The highest BCUT2D eigenvalue weighted by Gasteiger charge is 2.46. The van der Waals surface area contributed by atoms with Crippen molar-refractivity contribution in [1.29, 1.82) is 0 Å². The smallest absolute Gasteiger partial charge is 0.329 e. The molecule has 1 aliphatic rings. The molecule has 21 heavy (non-hydrogen) atoms. The number of nitrogens with zero attached hydrogens (tertiary/aromatic N) is 1. The molecular weight excluding hydrogens is 292 g/mol. The highest BCUT2D eigenvalue weighted by atomic mass is 35.5. The van der Waals surface area contributed by atoms with Gasteiger partial charge in [-0.2, -0.15) is 0 Å². The Bertz CT molecular complexity index is 556. The molecule has 2 atom stereocenters. The maximum Gasteiger partial charge on any atom is 0.329 e. The van der Waals surface area contributed by atoms with Crippen molar-refractivity contribution < 1.29 is 14.7 Å². The van der Waals surface area contributed by atoms with Gasteiger partial charge in [0.1, 0.15) is 10.7 Å². The first-order valence-corrected chi connectivity index (χ1v) is 7.43. The van der Waals surface area contributed by atoms with Gasteiger partial charge in [0.15, 0.2) is 0 Å². The van der Waals surface area contributed by atoms with Crippen LogP contribution in [-0.4, -0.2) is 27.5 Å². The number of hydrogen-bond donors (Lipinski definition) is 2. The lowest BCUT2D eigenvalue weighted by atomic mass is 9.73. The monoisotopic (exact) mass is 310 g/mol. The van der Waals surface area contributed by atoms with Crippen LogP contribution in [0.2, 0.25) is 5.15 Å². The maximum atomic E-state index is 12.4. The number of aromatic nitrogens is 1. The fourth-order valence-electron chi connectivity index (χ4n) is 2.94. The Morgan fingerprint density at radius 1 is 1.43 bits per heavy atom. The number of aliphatic carboxylic acids is 1. The molecule has 0 bridgehead atoms. The molecule has 1 fully saturated rings. The molecule has 0 saturated heterocycles. The lowest BCUT2D eigenvalue weighted by Crippen LogP contribution is -2.60. The van der Waals surface area contributed by atoms with Gasteiger partial charge in [0.2, 0.25) is 0 Å². The van der Waals surface area contributed by atoms with Crippen LogP contribution in [0.15, 0.2) is 12.1 Å². The largest absolute Gasteiger partial charge is 0.479 e. The zero-order valence-electron chi connectivity index (χ0n) is 12.1.